The van der Waals surface area contributed by atoms with Crippen molar-refractivity contribution in [2.75, 3.05) is 11.9 Å². The summed E-state index contributed by atoms with van der Waals surface area (Å²) in [6.45, 7) is 2.09. The van der Waals surface area contributed by atoms with Crippen LogP contribution in [0.2, 0.25) is 0 Å². The van der Waals surface area contributed by atoms with Gasteiger partial charge in [0.05, 0.1) is 18.4 Å². The minimum Gasteiger partial charge on any atom is -0.457 e. The minimum absolute atomic E-state index is 0.0920. The number of carbonyl (C=O) groups is 1. The van der Waals surface area contributed by atoms with E-state index in [1.807, 2.05) is 73.7 Å². The fraction of sp³-hybridized carbons (Fsp3) is 0.0909. The fourth-order valence-electron chi connectivity index (χ4n) is 2.54. The zero-order chi connectivity index (χ0) is 20.6. The molecule has 0 unspecified atom stereocenters. The SMILES string of the molecule is Cc1cc(Br)c(NCC(=O)N/N=C/c2cccc(Oc3ccccc3)c2)c(Br)c1. The third-order valence-corrected chi connectivity index (χ3v) is 5.10. The smallest absolute Gasteiger partial charge is 0.259 e. The van der Waals surface area contributed by atoms with E-state index in [1.165, 1.54) is 0 Å². The van der Waals surface area contributed by atoms with E-state index in [0.29, 0.717) is 5.75 Å². The molecule has 5 nitrogen and oxygen atoms in total. The molecule has 0 saturated carbocycles. The Labute approximate surface area is 186 Å². The largest absolute Gasteiger partial charge is 0.457 e. The maximum absolute atomic E-state index is 12.1. The Hall–Kier alpha value is -2.64. The lowest BCUT2D eigenvalue weighted by atomic mass is 10.2. The second-order valence-electron chi connectivity index (χ2n) is 6.24. The summed E-state index contributed by atoms with van der Waals surface area (Å²) in [5.74, 6) is 1.20. The molecule has 1 amide bonds. The average Bonchev–Trinajstić information content (AvgIpc) is 2.68. The van der Waals surface area contributed by atoms with E-state index >= 15 is 0 Å². The highest BCUT2D eigenvalue weighted by molar-refractivity contribution is 9.11. The molecule has 0 aliphatic rings. The lowest BCUT2D eigenvalue weighted by molar-refractivity contribution is -0.119. The predicted octanol–water partition coefficient (Wildman–Crippen LogP) is 5.87. The lowest BCUT2D eigenvalue weighted by Gasteiger charge is -2.11. The van der Waals surface area contributed by atoms with Crippen LogP contribution in [0.25, 0.3) is 0 Å². The van der Waals surface area contributed by atoms with Crippen molar-refractivity contribution < 1.29 is 9.53 Å². The number of benzene rings is 3. The Kier molecular flexibility index (Phi) is 7.43. The lowest BCUT2D eigenvalue weighted by Crippen LogP contribution is -2.26. The van der Waals surface area contributed by atoms with E-state index in [2.05, 4.69) is 47.7 Å². The molecule has 0 saturated heterocycles. The average molecular weight is 517 g/mol. The molecule has 0 radical (unpaired) electrons. The molecule has 0 atom stereocenters. The quantitative estimate of drug-likeness (QED) is 0.304. The summed E-state index contributed by atoms with van der Waals surface area (Å²) >= 11 is 6.99. The van der Waals surface area contributed by atoms with Crippen LogP contribution in [-0.4, -0.2) is 18.7 Å². The van der Waals surface area contributed by atoms with Crippen molar-refractivity contribution in [2.24, 2.45) is 5.10 Å². The van der Waals surface area contributed by atoms with Crippen molar-refractivity contribution in [2.45, 2.75) is 6.92 Å². The van der Waals surface area contributed by atoms with Gasteiger partial charge in [0.1, 0.15) is 11.5 Å². The number of nitrogens with one attached hydrogen (secondary N) is 2. The number of anilines is 1. The van der Waals surface area contributed by atoms with Crippen LogP contribution in [0.5, 0.6) is 11.5 Å². The molecule has 0 aliphatic carbocycles. The van der Waals surface area contributed by atoms with Gasteiger partial charge in [-0.3, -0.25) is 4.79 Å². The molecule has 29 heavy (non-hydrogen) atoms. The van der Waals surface area contributed by atoms with Gasteiger partial charge in [-0.25, -0.2) is 5.43 Å². The van der Waals surface area contributed by atoms with Gasteiger partial charge in [0.2, 0.25) is 0 Å². The first-order valence-electron chi connectivity index (χ1n) is 8.85. The second-order valence-corrected chi connectivity index (χ2v) is 7.95. The third-order valence-electron chi connectivity index (χ3n) is 3.85. The molecule has 3 rings (SSSR count). The molecule has 0 spiro atoms. The topological polar surface area (TPSA) is 62.7 Å². The highest BCUT2D eigenvalue weighted by atomic mass is 79.9. The van der Waals surface area contributed by atoms with Gasteiger partial charge in [-0.05, 0) is 86.3 Å². The Balaban J connectivity index is 1.53. The van der Waals surface area contributed by atoms with Gasteiger partial charge < -0.3 is 10.1 Å². The van der Waals surface area contributed by atoms with Crippen molar-refractivity contribution in [3.8, 4) is 11.5 Å². The van der Waals surface area contributed by atoms with Gasteiger partial charge in [-0.15, -0.1) is 0 Å². The Morgan fingerprint density at radius 2 is 1.69 bits per heavy atom. The summed E-state index contributed by atoms with van der Waals surface area (Å²) in [5.41, 5.74) is 5.27. The number of nitrogens with zero attached hydrogens (tertiary/aromatic N) is 1. The van der Waals surface area contributed by atoms with Crippen LogP contribution >= 0.6 is 31.9 Å². The van der Waals surface area contributed by atoms with Crippen molar-refractivity contribution in [3.05, 3.63) is 86.8 Å². The number of rotatable bonds is 7. The number of ether oxygens (including phenoxy) is 1. The summed E-state index contributed by atoms with van der Waals surface area (Å²) in [6, 6.07) is 21.0. The first-order valence-corrected chi connectivity index (χ1v) is 10.4. The molecule has 3 aromatic rings. The number of amides is 1. The standard InChI is InChI=1S/C22H19Br2N3O2/c1-15-10-19(23)22(20(24)11-15)25-14-21(28)27-26-13-16-6-5-9-18(12-16)29-17-7-3-2-4-8-17/h2-13,25H,14H2,1H3,(H,27,28)/b26-13+. The van der Waals surface area contributed by atoms with Crippen LogP contribution < -0.4 is 15.5 Å². The molecular formula is C22H19Br2N3O2. The number of para-hydroxylation sites is 1. The Morgan fingerprint density at radius 3 is 2.41 bits per heavy atom. The number of hydrazone groups is 1. The van der Waals surface area contributed by atoms with Crippen molar-refractivity contribution >= 4 is 49.7 Å². The first-order chi connectivity index (χ1) is 14.0. The minimum atomic E-state index is -0.252. The molecule has 0 heterocycles. The number of hydrogen-bond acceptors (Lipinski definition) is 4. The van der Waals surface area contributed by atoms with E-state index in [9.17, 15) is 4.79 Å². The molecule has 7 heteroatoms. The number of carbonyl (C=O) groups excluding carboxylic acids is 1. The fourth-order valence-corrected chi connectivity index (χ4v) is 4.23. The zero-order valence-electron chi connectivity index (χ0n) is 15.7. The molecule has 0 bridgehead atoms. The van der Waals surface area contributed by atoms with Crippen LogP contribution in [-0.2, 0) is 4.79 Å². The molecule has 0 aliphatic heterocycles. The summed E-state index contributed by atoms with van der Waals surface area (Å²) in [6.07, 6.45) is 1.58. The Morgan fingerprint density at radius 1 is 1.00 bits per heavy atom. The monoisotopic (exact) mass is 515 g/mol. The van der Waals surface area contributed by atoms with Gasteiger partial charge in [0, 0.05) is 8.95 Å². The predicted molar refractivity (Wildman–Crippen MR) is 124 cm³/mol. The summed E-state index contributed by atoms with van der Waals surface area (Å²) in [5, 5.41) is 7.11. The van der Waals surface area contributed by atoms with Gasteiger partial charge in [-0.1, -0.05) is 30.3 Å². The van der Waals surface area contributed by atoms with E-state index in [4.69, 9.17) is 4.74 Å². The maximum atomic E-state index is 12.1. The van der Waals surface area contributed by atoms with E-state index in [1.54, 1.807) is 6.21 Å². The third kappa shape index (κ3) is 6.44. The molecule has 2 N–H and O–H groups in total. The number of halogens is 2. The van der Waals surface area contributed by atoms with Crippen LogP contribution in [0.15, 0.2) is 80.8 Å². The van der Waals surface area contributed by atoms with E-state index < -0.39 is 0 Å². The second kappa shape index (κ2) is 10.2. The molecule has 3 aromatic carbocycles. The molecule has 0 fully saturated rings. The normalized spacial score (nSPS) is 10.7. The van der Waals surface area contributed by atoms with Crippen molar-refractivity contribution in [3.63, 3.8) is 0 Å². The van der Waals surface area contributed by atoms with Crippen molar-refractivity contribution in [1.82, 2.24) is 5.43 Å². The van der Waals surface area contributed by atoms with Crippen LogP contribution in [0.4, 0.5) is 5.69 Å². The van der Waals surface area contributed by atoms with Gasteiger partial charge in [-0.2, -0.15) is 5.10 Å². The Bertz CT molecular complexity index is 1000. The molecule has 148 valence electrons. The summed E-state index contributed by atoms with van der Waals surface area (Å²) in [4.78, 5) is 12.1. The highest BCUT2D eigenvalue weighted by Gasteiger charge is 2.08. The van der Waals surface area contributed by atoms with Gasteiger partial charge in [0.25, 0.3) is 5.91 Å². The summed E-state index contributed by atoms with van der Waals surface area (Å²) < 4.78 is 7.57. The van der Waals surface area contributed by atoms with Crippen LogP contribution in [0.3, 0.4) is 0 Å². The van der Waals surface area contributed by atoms with Crippen molar-refractivity contribution in [1.29, 1.82) is 0 Å². The number of aryl methyl sites for hydroxylation is 1. The van der Waals surface area contributed by atoms with E-state index in [-0.39, 0.29) is 12.5 Å². The first kappa shape index (κ1) is 21.1. The molecule has 0 aromatic heterocycles. The zero-order valence-corrected chi connectivity index (χ0v) is 18.8. The molecular weight excluding hydrogens is 498 g/mol. The van der Waals surface area contributed by atoms with Gasteiger partial charge in [0.15, 0.2) is 0 Å². The summed E-state index contributed by atoms with van der Waals surface area (Å²) in [7, 11) is 0. The maximum Gasteiger partial charge on any atom is 0.259 e. The van der Waals surface area contributed by atoms with E-state index in [0.717, 1.165) is 31.5 Å². The highest BCUT2D eigenvalue weighted by Crippen LogP contribution is 2.32. The van der Waals surface area contributed by atoms with Crippen LogP contribution in [0, 0.1) is 6.92 Å². The number of hydrogen-bond donors (Lipinski definition) is 2. The van der Waals surface area contributed by atoms with Crippen LogP contribution in [0.1, 0.15) is 11.1 Å². The van der Waals surface area contributed by atoms with Gasteiger partial charge >= 0.3 is 0 Å².